The molecule has 1 heterocycles. The highest BCUT2D eigenvalue weighted by Crippen LogP contribution is 2.38. The zero-order valence-electron chi connectivity index (χ0n) is 18.3. The fourth-order valence-corrected chi connectivity index (χ4v) is 3.02. The lowest BCUT2D eigenvalue weighted by atomic mass is 10.1. The largest absolute Gasteiger partial charge is 0.493 e. The number of methoxy groups -OCH3 is 1. The van der Waals surface area contributed by atoms with Gasteiger partial charge in [-0.2, -0.15) is 8.78 Å². The number of ether oxygens (including phenoxy) is 3. The molecular weight excluding hydrogens is 434 g/mol. The molecule has 0 aliphatic heterocycles. The molecule has 0 unspecified atom stereocenters. The number of halogens is 2. The average molecular weight is 458 g/mol. The van der Waals surface area contributed by atoms with E-state index in [4.69, 9.17) is 18.6 Å². The van der Waals surface area contributed by atoms with Gasteiger partial charge >= 0.3 is 0 Å². The zero-order valence-corrected chi connectivity index (χ0v) is 18.3. The molecule has 3 rings (SSSR count). The van der Waals surface area contributed by atoms with Crippen LogP contribution < -0.4 is 19.5 Å². The topological polar surface area (TPSA) is 82.8 Å². The Kier molecular flexibility index (Phi) is 8.01. The minimum Gasteiger partial charge on any atom is -0.493 e. The van der Waals surface area contributed by atoms with Gasteiger partial charge in [0.05, 0.1) is 43.7 Å². The number of hydrogen-bond donors (Lipinski definition) is 1. The zero-order chi connectivity index (χ0) is 23.8. The van der Waals surface area contributed by atoms with E-state index < -0.39 is 11.6 Å². The fourth-order valence-electron chi connectivity index (χ4n) is 3.02. The maximum Gasteiger partial charge on any atom is 0.255 e. The highest BCUT2D eigenvalue weighted by Gasteiger charge is 2.24. The van der Waals surface area contributed by atoms with Crippen molar-refractivity contribution in [3.63, 3.8) is 0 Å². The van der Waals surface area contributed by atoms with Crippen LogP contribution in [0.2, 0.25) is 0 Å². The van der Waals surface area contributed by atoms with Gasteiger partial charge in [-0.1, -0.05) is 18.2 Å². The molecule has 7 nitrogen and oxygen atoms in total. The van der Waals surface area contributed by atoms with Gasteiger partial charge in [0.1, 0.15) is 12.0 Å². The van der Waals surface area contributed by atoms with E-state index in [2.05, 4.69) is 16.9 Å². The number of nitrogens with one attached hydrogen (secondary N) is 1. The summed E-state index contributed by atoms with van der Waals surface area (Å²) in [5, 5.41) is 2.73. The van der Waals surface area contributed by atoms with Crippen LogP contribution in [-0.2, 0) is 6.54 Å². The molecule has 1 amide bonds. The first-order valence-corrected chi connectivity index (χ1v) is 10.2. The minimum atomic E-state index is -1.22. The van der Waals surface area contributed by atoms with Crippen molar-refractivity contribution in [3.05, 3.63) is 72.1 Å². The molecule has 0 atom stereocenters. The molecule has 1 N–H and O–H groups in total. The maximum atomic E-state index is 14.5. The minimum absolute atomic E-state index is 0.0155. The van der Waals surface area contributed by atoms with E-state index in [1.807, 2.05) is 6.92 Å². The summed E-state index contributed by atoms with van der Waals surface area (Å²) in [4.78, 5) is 16.8. The number of carbonyl (C=O) groups is 1. The molecule has 9 heteroatoms. The van der Waals surface area contributed by atoms with E-state index in [1.165, 1.54) is 19.4 Å². The van der Waals surface area contributed by atoms with Crippen LogP contribution in [0.1, 0.15) is 29.4 Å². The Morgan fingerprint density at radius 3 is 2.73 bits per heavy atom. The van der Waals surface area contributed by atoms with E-state index in [0.717, 1.165) is 0 Å². The normalized spacial score (nSPS) is 10.5. The molecule has 0 radical (unpaired) electrons. The monoisotopic (exact) mass is 458 g/mol. The number of nitrogens with zero attached hydrogens (tertiary/aromatic N) is 1. The summed E-state index contributed by atoms with van der Waals surface area (Å²) < 4.78 is 50.1. The van der Waals surface area contributed by atoms with E-state index in [9.17, 15) is 13.6 Å². The van der Waals surface area contributed by atoms with Crippen LogP contribution in [0.3, 0.4) is 0 Å². The van der Waals surface area contributed by atoms with Crippen LogP contribution in [0, 0.1) is 11.6 Å². The molecule has 0 saturated heterocycles. The van der Waals surface area contributed by atoms with Crippen molar-refractivity contribution in [3.8, 4) is 28.7 Å². The Hall–Kier alpha value is -3.88. The Morgan fingerprint density at radius 2 is 2.00 bits per heavy atom. The van der Waals surface area contributed by atoms with Gasteiger partial charge in [-0.25, -0.2) is 4.98 Å². The van der Waals surface area contributed by atoms with Crippen LogP contribution >= 0.6 is 0 Å². The van der Waals surface area contributed by atoms with Crippen molar-refractivity contribution in [1.82, 2.24) is 10.3 Å². The number of amides is 1. The summed E-state index contributed by atoms with van der Waals surface area (Å²) in [7, 11) is 1.21. The van der Waals surface area contributed by atoms with Crippen LogP contribution in [0.25, 0.3) is 11.5 Å². The third-order valence-corrected chi connectivity index (χ3v) is 4.56. The second-order valence-corrected chi connectivity index (χ2v) is 6.77. The standard InChI is InChI=1S/C24H24F2N2O5/c1-4-6-11-32-19-12-17(22(30-3)21(26)20(19)25)24-28-15(14-33-24)13-27-23(29)16-9-7-8-10-18(16)31-5-2/h4,7-10,12,14H,1,5-6,11,13H2,2-3H3,(H,27,29). The summed E-state index contributed by atoms with van der Waals surface area (Å²) in [5.41, 5.74) is 0.823. The third-order valence-electron chi connectivity index (χ3n) is 4.56. The van der Waals surface area contributed by atoms with Gasteiger partial charge in [-0.15, -0.1) is 6.58 Å². The van der Waals surface area contributed by atoms with Gasteiger partial charge in [0.2, 0.25) is 17.5 Å². The molecule has 1 aromatic heterocycles. The number of aromatic nitrogens is 1. The molecule has 2 aromatic carbocycles. The highest BCUT2D eigenvalue weighted by atomic mass is 19.2. The van der Waals surface area contributed by atoms with Gasteiger partial charge in [0.25, 0.3) is 5.91 Å². The van der Waals surface area contributed by atoms with E-state index >= 15 is 0 Å². The summed E-state index contributed by atoms with van der Waals surface area (Å²) in [6.45, 7) is 5.97. The predicted molar refractivity (Wildman–Crippen MR) is 117 cm³/mol. The van der Waals surface area contributed by atoms with Crippen LogP contribution in [0.15, 0.2) is 53.7 Å². The van der Waals surface area contributed by atoms with Crippen molar-refractivity contribution >= 4 is 5.91 Å². The third kappa shape index (κ3) is 5.49. The second-order valence-electron chi connectivity index (χ2n) is 6.77. The lowest BCUT2D eigenvalue weighted by Gasteiger charge is -2.12. The number of benzene rings is 2. The SMILES string of the molecule is C=CCCOc1cc(-c2nc(CNC(=O)c3ccccc3OCC)co2)c(OC)c(F)c1F. The number of oxazole rings is 1. The Bertz CT molecular complexity index is 1130. The van der Waals surface area contributed by atoms with Crippen molar-refractivity contribution in [2.75, 3.05) is 20.3 Å². The van der Waals surface area contributed by atoms with Crippen LogP contribution in [0.4, 0.5) is 8.78 Å². The van der Waals surface area contributed by atoms with Crippen molar-refractivity contribution < 1.29 is 32.2 Å². The quantitative estimate of drug-likeness (QED) is 0.325. The Morgan fingerprint density at radius 1 is 1.21 bits per heavy atom. The summed E-state index contributed by atoms with van der Waals surface area (Å²) in [6, 6.07) is 8.12. The van der Waals surface area contributed by atoms with Gasteiger partial charge in [0, 0.05) is 0 Å². The fraction of sp³-hybridized carbons (Fsp3) is 0.250. The highest BCUT2D eigenvalue weighted by molar-refractivity contribution is 5.96. The Labute approximate surface area is 190 Å². The molecule has 0 fully saturated rings. The molecule has 174 valence electrons. The number of para-hydroxylation sites is 1. The van der Waals surface area contributed by atoms with Crippen molar-refractivity contribution in [1.29, 1.82) is 0 Å². The smallest absolute Gasteiger partial charge is 0.255 e. The lowest BCUT2D eigenvalue weighted by Crippen LogP contribution is -2.23. The molecule has 0 spiro atoms. The van der Waals surface area contributed by atoms with Crippen molar-refractivity contribution in [2.24, 2.45) is 0 Å². The van der Waals surface area contributed by atoms with Crippen molar-refractivity contribution in [2.45, 2.75) is 19.9 Å². The predicted octanol–water partition coefficient (Wildman–Crippen LogP) is 4.91. The molecular formula is C24H24F2N2O5. The van der Waals surface area contributed by atoms with Gasteiger partial charge in [0.15, 0.2) is 11.5 Å². The van der Waals surface area contributed by atoms with Gasteiger partial charge in [-0.05, 0) is 31.5 Å². The molecule has 33 heavy (non-hydrogen) atoms. The van der Waals surface area contributed by atoms with E-state index in [-0.39, 0.29) is 42.0 Å². The maximum absolute atomic E-state index is 14.5. The molecule has 0 aliphatic rings. The van der Waals surface area contributed by atoms with Gasteiger partial charge in [-0.3, -0.25) is 4.79 Å². The first-order chi connectivity index (χ1) is 16.0. The summed E-state index contributed by atoms with van der Waals surface area (Å²) in [5.74, 6) is -2.97. The summed E-state index contributed by atoms with van der Waals surface area (Å²) in [6.07, 6.45) is 3.36. The molecule has 0 bridgehead atoms. The second kappa shape index (κ2) is 11.1. The molecule has 3 aromatic rings. The number of hydrogen-bond acceptors (Lipinski definition) is 6. The lowest BCUT2D eigenvalue weighted by molar-refractivity contribution is 0.0946. The average Bonchev–Trinajstić information content (AvgIpc) is 3.29. The van der Waals surface area contributed by atoms with E-state index in [0.29, 0.717) is 30.0 Å². The number of rotatable bonds is 11. The van der Waals surface area contributed by atoms with E-state index in [1.54, 1.807) is 30.3 Å². The molecule has 0 aliphatic carbocycles. The van der Waals surface area contributed by atoms with Gasteiger partial charge < -0.3 is 23.9 Å². The van der Waals surface area contributed by atoms with Crippen LogP contribution in [-0.4, -0.2) is 31.2 Å². The van der Waals surface area contributed by atoms with Crippen LogP contribution in [0.5, 0.6) is 17.2 Å². The first kappa shape index (κ1) is 23.8. The molecule has 0 saturated carbocycles. The first-order valence-electron chi connectivity index (χ1n) is 10.2. The summed E-state index contributed by atoms with van der Waals surface area (Å²) >= 11 is 0. The Balaban J connectivity index is 1.79. The number of carbonyl (C=O) groups excluding carboxylic acids is 1.